The Morgan fingerprint density at radius 3 is 2.03 bits per heavy atom. The number of amides is 2. The number of para-hydroxylation sites is 2. The zero-order chi connectivity index (χ0) is 24.7. The highest BCUT2D eigenvalue weighted by Gasteiger charge is 2.27. The minimum atomic E-state index is -3.93. The maximum atomic E-state index is 12.9. The third-order valence-corrected chi connectivity index (χ3v) is 6.98. The summed E-state index contributed by atoms with van der Waals surface area (Å²) in [4.78, 5) is 25.9. The van der Waals surface area contributed by atoms with E-state index < -0.39 is 22.7 Å². The fourth-order valence-corrected chi connectivity index (χ4v) is 4.37. The van der Waals surface area contributed by atoms with E-state index >= 15 is 0 Å². The Bertz CT molecular complexity index is 1230. The number of nitrogens with one attached hydrogen (secondary N) is 2. The molecule has 3 aromatic rings. The highest BCUT2D eigenvalue weighted by molar-refractivity contribution is 7.90. The van der Waals surface area contributed by atoms with Crippen molar-refractivity contribution in [1.29, 1.82) is 0 Å². The number of carbonyl (C=O) groups is 2. The summed E-state index contributed by atoms with van der Waals surface area (Å²) in [5.41, 5.74) is 1.87. The summed E-state index contributed by atoms with van der Waals surface area (Å²) in [5.74, 6) is -0.932. The molecule has 0 aliphatic rings. The van der Waals surface area contributed by atoms with Gasteiger partial charge in [-0.05, 0) is 36.8 Å². The van der Waals surface area contributed by atoms with E-state index in [0.29, 0.717) is 11.4 Å². The number of hydrogen-bond acceptors (Lipinski definition) is 4. The number of rotatable bonds is 9. The highest BCUT2D eigenvalue weighted by Crippen LogP contribution is 2.21. The molecule has 0 bridgehead atoms. The van der Waals surface area contributed by atoms with Gasteiger partial charge in [-0.25, -0.2) is 4.31 Å². The van der Waals surface area contributed by atoms with Crippen molar-refractivity contribution < 1.29 is 18.0 Å². The molecule has 0 heterocycles. The summed E-state index contributed by atoms with van der Waals surface area (Å²) >= 11 is 0. The smallest absolute Gasteiger partial charge is 0.304 e. The molecule has 178 valence electrons. The van der Waals surface area contributed by atoms with Gasteiger partial charge in [0.15, 0.2) is 0 Å². The van der Waals surface area contributed by atoms with Gasteiger partial charge in [0.25, 0.3) is 5.91 Å². The molecule has 34 heavy (non-hydrogen) atoms. The molecule has 0 aliphatic carbocycles. The van der Waals surface area contributed by atoms with Crippen LogP contribution in [0.3, 0.4) is 0 Å². The largest absolute Gasteiger partial charge is 0.345 e. The van der Waals surface area contributed by atoms with Gasteiger partial charge in [0.1, 0.15) is 6.54 Å². The third-order valence-electron chi connectivity index (χ3n) is 5.16. The van der Waals surface area contributed by atoms with Crippen LogP contribution in [0.25, 0.3) is 0 Å². The van der Waals surface area contributed by atoms with Crippen LogP contribution in [-0.2, 0) is 15.0 Å². The Morgan fingerprint density at radius 1 is 0.853 bits per heavy atom. The van der Waals surface area contributed by atoms with E-state index in [0.717, 1.165) is 14.2 Å². The first kappa shape index (κ1) is 24.9. The average Bonchev–Trinajstić information content (AvgIpc) is 2.83. The summed E-state index contributed by atoms with van der Waals surface area (Å²) in [7, 11) is -1.13. The molecule has 3 rings (SSSR count). The van der Waals surface area contributed by atoms with E-state index in [4.69, 9.17) is 0 Å². The number of hydrogen-bond donors (Lipinski definition) is 2. The third kappa shape index (κ3) is 6.00. The van der Waals surface area contributed by atoms with Crippen molar-refractivity contribution in [3.05, 3.63) is 96.1 Å². The molecule has 2 N–H and O–H groups in total. The maximum Gasteiger partial charge on any atom is 0.304 e. The zero-order valence-corrected chi connectivity index (χ0v) is 20.1. The van der Waals surface area contributed by atoms with Gasteiger partial charge in [0.05, 0.1) is 23.0 Å². The molecule has 9 heteroatoms. The molecule has 3 aromatic carbocycles. The summed E-state index contributed by atoms with van der Waals surface area (Å²) in [6.07, 6.45) is 0. The fourth-order valence-electron chi connectivity index (χ4n) is 3.31. The van der Waals surface area contributed by atoms with Crippen LogP contribution >= 0.6 is 0 Å². The second-order valence-corrected chi connectivity index (χ2v) is 9.90. The second-order valence-electron chi connectivity index (χ2n) is 7.83. The lowest BCUT2D eigenvalue weighted by atomic mass is 10.1. The van der Waals surface area contributed by atoms with Gasteiger partial charge in [-0.2, -0.15) is 12.7 Å². The summed E-state index contributed by atoms with van der Waals surface area (Å²) in [6.45, 7) is 1.42. The number of anilines is 2. The Hall–Kier alpha value is -3.69. The van der Waals surface area contributed by atoms with Gasteiger partial charge in [0.2, 0.25) is 5.91 Å². The normalized spacial score (nSPS) is 12.1. The van der Waals surface area contributed by atoms with Gasteiger partial charge >= 0.3 is 10.2 Å². The van der Waals surface area contributed by atoms with Crippen molar-refractivity contribution in [2.75, 3.05) is 30.3 Å². The number of nitrogens with zero attached hydrogens (tertiary/aromatic N) is 2. The lowest BCUT2D eigenvalue weighted by Gasteiger charge is -2.27. The molecular formula is C25H28N4O4S. The lowest BCUT2D eigenvalue weighted by Crippen LogP contribution is -2.44. The van der Waals surface area contributed by atoms with Gasteiger partial charge < -0.3 is 10.6 Å². The Morgan fingerprint density at radius 2 is 1.41 bits per heavy atom. The lowest BCUT2D eigenvalue weighted by molar-refractivity contribution is -0.114. The quantitative estimate of drug-likeness (QED) is 0.490. The molecule has 0 spiro atoms. The van der Waals surface area contributed by atoms with E-state index in [1.165, 1.54) is 14.1 Å². The van der Waals surface area contributed by atoms with Gasteiger partial charge in [0, 0.05) is 14.1 Å². The van der Waals surface area contributed by atoms with E-state index in [9.17, 15) is 18.0 Å². The van der Waals surface area contributed by atoms with Gasteiger partial charge in [-0.15, -0.1) is 0 Å². The van der Waals surface area contributed by atoms with Crippen molar-refractivity contribution in [3.8, 4) is 0 Å². The minimum Gasteiger partial charge on any atom is -0.345 e. The topological polar surface area (TPSA) is 98.8 Å². The minimum absolute atomic E-state index is 0.240. The van der Waals surface area contributed by atoms with Crippen molar-refractivity contribution in [3.63, 3.8) is 0 Å². The fraction of sp³-hybridized carbons (Fsp3) is 0.200. The monoisotopic (exact) mass is 480 g/mol. The van der Waals surface area contributed by atoms with E-state index in [-0.39, 0.29) is 17.5 Å². The molecule has 0 aliphatic heterocycles. The standard InChI is InChI=1S/C25H28N4O4S/c1-19(20-12-6-4-7-13-20)26-25(31)22-16-10-11-17-23(22)27-24(30)18-29(34(32,33)28(2)3)21-14-8-5-9-15-21/h4-17,19H,18H2,1-3H3,(H,26,31)(H,27,30). The predicted molar refractivity (Wildman–Crippen MR) is 134 cm³/mol. The van der Waals surface area contributed by atoms with Crippen molar-refractivity contribution >= 4 is 33.4 Å². The molecular weight excluding hydrogens is 452 g/mol. The Kier molecular flexibility index (Phi) is 8.04. The first-order valence-corrected chi connectivity index (χ1v) is 12.1. The first-order valence-electron chi connectivity index (χ1n) is 10.7. The van der Waals surface area contributed by atoms with Crippen LogP contribution in [0, 0.1) is 0 Å². The Balaban J connectivity index is 1.79. The highest BCUT2D eigenvalue weighted by atomic mass is 32.2. The molecule has 2 amide bonds. The maximum absolute atomic E-state index is 12.9. The van der Waals surface area contributed by atoms with Crippen molar-refractivity contribution in [2.24, 2.45) is 0 Å². The van der Waals surface area contributed by atoms with Crippen LogP contribution in [0.5, 0.6) is 0 Å². The van der Waals surface area contributed by atoms with Crippen LogP contribution in [0.2, 0.25) is 0 Å². The summed E-state index contributed by atoms with van der Waals surface area (Å²) in [5, 5.41) is 5.62. The molecule has 0 saturated carbocycles. The Labute approximate surface area is 200 Å². The average molecular weight is 481 g/mol. The van der Waals surface area contributed by atoms with Gasteiger partial charge in [-0.3, -0.25) is 9.59 Å². The van der Waals surface area contributed by atoms with E-state index in [1.807, 2.05) is 37.3 Å². The summed E-state index contributed by atoms with van der Waals surface area (Å²) in [6, 6.07) is 24.3. The predicted octanol–water partition coefficient (Wildman–Crippen LogP) is 3.43. The molecule has 0 aromatic heterocycles. The van der Waals surface area contributed by atoms with Crippen LogP contribution < -0.4 is 14.9 Å². The molecule has 0 saturated heterocycles. The van der Waals surface area contributed by atoms with E-state index in [1.54, 1.807) is 54.6 Å². The number of carbonyl (C=O) groups excluding carboxylic acids is 2. The van der Waals surface area contributed by atoms with E-state index in [2.05, 4.69) is 10.6 Å². The van der Waals surface area contributed by atoms with Crippen molar-refractivity contribution in [1.82, 2.24) is 9.62 Å². The zero-order valence-electron chi connectivity index (χ0n) is 19.3. The molecule has 0 fully saturated rings. The molecule has 1 unspecified atom stereocenters. The van der Waals surface area contributed by atoms with Crippen LogP contribution in [0.15, 0.2) is 84.9 Å². The van der Waals surface area contributed by atoms with Crippen LogP contribution in [0.1, 0.15) is 28.9 Å². The SMILES string of the molecule is CC(NC(=O)c1ccccc1NC(=O)CN(c1ccccc1)S(=O)(=O)N(C)C)c1ccccc1. The first-order chi connectivity index (χ1) is 16.2. The second kappa shape index (κ2) is 11.0. The van der Waals surface area contributed by atoms with Crippen LogP contribution in [-0.4, -0.2) is 45.2 Å². The van der Waals surface area contributed by atoms with Gasteiger partial charge in [-0.1, -0.05) is 60.7 Å². The van der Waals surface area contributed by atoms with Crippen LogP contribution in [0.4, 0.5) is 11.4 Å². The summed E-state index contributed by atoms with van der Waals surface area (Å²) < 4.78 is 27.8. The molecule has 0 radical (unpaired) electrons. The molecule has 1 atom stereocenters. The molecule has 8 nitrogen and oxygen atoms in total. The number of benzene rings is 3. The van der Waals surface area contributed by atoms with Crippen molar-refractivity contribution in [2.45, 2.75) is 13.0 Å².